The van der Waals surface area contributed by atoms with Crippen LogP contribution >= 0.6 is 15.9 Å². The van der Waals surface area contributed by atoms with Crippen molar-refractivity contribution in [3.8, 4) is 5.75 Å². The molecule has 1 aliphatic carbocycles. The fourth-order valence-electron chi connectivity index (χ4n) is 3.30. The molecular weight excluding hydrogens is 278 g/mol. The molecular formula is C14H18BrNO. The van der Waals surface area contributed by atoms with Gasteiger partial charge in [0.25, 0.3) is 0 Å². The Bertz CT molecular complexity index is 438. The highest BCUT2D eigenvalue weighted by Crippen LogP contribution is 2.47. The molecule has 1 heterocycles. The molecule has 2 nitrogen and oxygen atoms in total. The number of hydrogen-bond donors (Lipinski definition) is 1. The van der Waals surface area contributed by atoms with Crippen LogP contribution in [0.2, 0.25) is 0 Å². The predicted octanol–water partition coefficient (Wildman–Crippen LogP) is 3.15. The van der Waals surface area contributed by atoms with E-state index >= 15 is 0 Å². The highest BCUT2D eigenvalue weighted by Gasteiger charge is 2.38. The summed E-state index contributed by atoms with van der Waals surface area (Å²) < 4.78 is 7.01. The lowest BCUT2D eigenvalue weighted by Crippen LogP contribution is -2.32. The fraction of sp³-hybridized carbons (Fsp3) is 0.571. The van der Waals surface area contributed by atoms with E-state index in [9.17, 15) is 0 Å². The molecule has 92 valence electrons. The van der Waals surface area contributed by atoms with Gasteiger partial charge in [0, 0.05) is 28.4 Å². The largest absolute Gasteiger partial charge is 0.493 e. The number of hydrogen-bond acceptors (Lipinski definition) is 2. The van der Waals surface area contributed by atoms with E-state index < -0.39 is 0 Å². The third kappa shape index (κ3) is 1.80. The molecule has 0 radical (unpaired) electrons. The zero-order chi connectivity index (χ0) is 11.9. The first-order chi connectivity index (χ1) is 8.25. The van der Waals surface area contributed by atoms with Crippen LogP contribution in [0, 0.1) is 0 Å². The van der Waals surface area contributed by atoms with Crippen molar-refractivity contribution in [2.24, 2.45) is 5.73 Å². The molecule has 0 unspecified atom stereocenters. The van der Waals surface area contributed by atoms with Gasteiger partial charge in [-0.1, -0.05) is 28.8 Å². The van der Waals surface area contributed by atoms with Crippen LogP contribution in [0.1, 0.15) is 36.8 Å². The number of halogens is 1. The van der Waals surface area contributed by atoms with Gasteiger partial charge >= 0.3 is 0 Å². The Kier molecular flexibility index (Phi) is 2.91. The summed E-state index contributed by atoms with van der Waals surface area (Å²) in [6.07, 6.45) is 6.02. The average molecular weight is 296 g/mol. The summed E-state index contributed by atoms with van der Waals surface area (Å²) in [7, 11) is 0. The summed E-state index contributed by atoms with van der Waals surface area (Å²) in [6.45, 7) is 1.55. The molecule has 0 bridgehead atoms. The molecule has 0 aromatic heterocycles. The third-order valence-electron chi connectivity index (χ3n) is 4.27. The molecule has 0 atom stereocenters. The Labute approximate surface area is 111 Å². The molecule has 1 aromatic carbocycles. The molecule has 0 spiro atoms. The van der Waals surface area contributed by atoms with E-state index in [0.717, 1.165) is 29.8 Å². The van der Waals surface area contributed by atoms with Crippen molar-refractivity contribution in [1.29, 1.82) is 0 Å². The van der Waals surface area contributed by atoms with Crippen LogP contribution in [0.25, 0.3) is 0 Å². The predicted molar refractivity (Wildman–Crippen MR) is 72.5 cm³/mol. The van der Waals surface area contributed by atoms with Gasteiger partial charge in [0.05, 0.1) is 6.61 Å². The normalized spacial score (nSPS) is 21.3. The molecule has 2 N–H and O–H groups in total. The van der Waals surface area contributed by atoms with Crippen molar-refractivity contribution in [2.75, 3.05) is 13.2 Å². The second-order valence-corrected chi connectivity index (χ2v) is 6.15. The molecule has 1 saturated carbocycles. The maximum Gasteiger partial charge on any atom is 0.126 e. The van der Waals surface area contributed by atoms with Crippen molar-refractivity contribution in [1.82, 2.24) is 0 Å². The van der Waals surface area contributed by atoms with Gasteiger partial charge in [-0.05, 0) is 30.5 Å². The van der Waals surface area contributed by atoms with Gasteiger partial charge in [-0.25, -0.2) is 0 Å². The zero-order valence-electron chi connectivity index (χ0n) is 9.97. The Morgan fingerprint density at radius 1 is 1.29 bits per heavy atom. The zero-order valence-corrected chi connectivity index (χ0v) is 11.6. The van der Waals surface area contributed by atoms with E-state index in [1.165, 1.54) is 36.8 Å². The standard InChI is InChI=1S/C14H18BrNO/c15-11-7-10-3-6-17-13(10)12(8-11)14(9-16)4-1-2-5-14/h7-8H,1-6,9,16H2. The Morgan fingerprint density at radius 3 is 2.76 bits per heavy atom. The van der Waals surface area contributed by atoms with Crippen molar-refractivity contribution < 1.29 is 4.74 Å². The minimum atomic E-state index is 0.165. The molecule has 0 amide bonds. The van der Waals surface area contributed by atoms with E-state index in [4.69, 9.17) is 10.5 Å². The monoisotopic (exact) mass is 295 g/mol. The number of nitrogens with two attached hydrogens (primary N) is 1. The van der Waals surface area contributed by atoms with E-state index in [-0.39, 0.29) is 5.41 Å². The number of fused-ring (bicyclic) bond motifs is 1. The highest BCUT2D eigenvalue weighted by atomic mass is 79.9. The number of benzene rings is 1. The van der Waals surface area contributed by atoms with Gasteiger partial charge in [0.1, 0.15) is 5.75 Å². The maximum absolute atomic E-state index is 6.07. The first-order valence-corrected chi connectivity index (χ1v) is 7.20. The van der Waals surface area contributed by atoms with Crippen molar-refractivity contribution in [3.05, 3.63) is 27.7 Å². The van der Waals surface area contributed by atoms with Gasteiger partial charge in [-0.15, -0.1) is 0 Å². The van der Waals surface area contributed by atoms with Crippen LogP contribution in [0.15, 0.2) is 16.6 Å². The van der Waals surface area contributed by atoms with Crippen molar-refractivity contribution >= 4 is 15.9 Å². The summed E-state index contributed by atoms with van der Waals surface area (Å²) in [5.74, 6) is 1.13. The van der Waals surface area contributed by atoms with E-state index in [0.29, 0.717) is 0 Å². The first-order valence-electron chi connectivity index (χ1n) is 6.41. The summed E-state index contributed by atoms with van der Waals surface area (Å²) in [6, 6.07) is 4.41. The van der Waals surface area contributed by atoms with Gasteiger partial charge in [0.15, 0.2) is 0 Å². The van der Waals surface area contributed by atoms with Crippen LogP contribution in [0.3, 0.4) is 0 Å². The van der Waals surface area contributed by atoms with E-state index in [2.05, 4.69) is 28.1 Å². The number of rotatable bonds is 2. The average Bonchev–Trinajstić information content (AvgIpc) is 2.96. The second kappa shape index (κ2) is 4.29. The Morgan fingerprint density at radius 2 is 2.06 bits per heavy atom. The molecule has 1 fully saturated rings. The summed E-state index contributed by atoms with van der Waals surface area (Å²) >= 11 is 3.62. The van der Waals surface area contributed by atoms with Crippen molar-refractivity contribution in [3.63, 3.8) is 0 Å². The van der Waals surface area contributed by atoms with Crippen LogP contribution in [0.5, 0.6) is 5.75 Å². The number of ether oxygens (including phenoxy) is 1. The molecule has 2 aliphatic rings. The second-order valence-electron chi connectivity index (χ2n) is 5.23. The smallest absolute Gasteiger partial charge is 0.126 e. The van der Waals surface area contributed by atoms with Gasteiger partial charge < -0.3 is 10.5 Å². The molecule has 17 heavy (non-hydrogen) atoms. The third-order valence-corrected chi connectivity index (χ3v) is 4.73. The fourth-order valence-corrected chi connectivity index (χ4v) is 3.80. The van der Waals surface area contributed by atoms with Crippen LogP contribution in [-0.2, 0) is 11.8 Å². The highest BCUT2D eigenvalue weighted by molar-refractivity contribution is 9.10. The van der Waals surface area contributed by atoms with Gasteiger partial charge in [-0.2, -0.15) is 0 Å². The minimum absolute atomic E-state index is 0.165. The van der Waals surface area contributed by atoms with E-state index in [1.807, 2.05) is 0 Å². The van der Waals surface area contributed by atoms with Crippen LogP contribution in [0.4, 0.5) is 0 Å². The molecule has 1 aliphatic heterocycles. The Balaban J connectivity index is 2.13. The first kappa shape index (κ1) is 11.5. The van der Waals surface area contributed by atoms with Crippen LogP contribution < -0.4 is 10.5 Å². The molecule has 3 heteroatoms. The lowest BCUT2D eigenvalue weighted by atomic mass is 9.78. The summed E-state index contributed by atoms with van der Waals surface area (Å²) in [5.41, 5.74) is 8.93. The summed E-state index contributed by atoms with van der Waals surface area (Å²) in [4.78, 5) is 0. The quantitative estimate of drug-likeness (QED) is 0.910. The van der Waals surface area contributed by atoms with Gasteiger partial charge in [-0.3, -0.25) is 0 Å². The van der Waals surface area contributed by atoms with Gasteiger partial charge in [0.2, 0.25) is 0 Å². The lowest BCUT2D eigenvalue weighted by Gasteiger charge is -2.29. The Hall–Kier alpha value is -0.540. The molecule has 0 saturated heterocycles. The molecule has 3 rings (SSSR count). The SMILES string of the molecule is NCC1(c2cc(Br)cc3c2OCC3)CCCC1. The molecule has 1 aromatic rings. The minimum Gasteiger partial charge on any atom is -0.493 e. The lowest BCUT2D eigenvalue weighted by molar-refractivity contribution is 0.338. The van der Waals surface area contributed by atoms with Crippen molar-refractivity contribution in [2.45, 2.75) is 37.5 Å². The van der Waals surface area contributed by atoms with Crippen LogP contribution in [-0.4, -0.2) is 13.2 Å². The topological polar surface area (TPSA) is 35.2 Å². The summed E-state index contributed by atoms with van der Waals surface area (Å²) in [5, 5.41) is 0. The van der Waals surface area contributed by atoms with E-state index in [1.54, 1.807) is 0 Å². The maximum atomic E-state index is 6.07.